The molecule has 1 aliphatic heterocycles. The van der Waals surface area contributed by atoms with E-state index in [-0.39, 0.29) is 11.3 Å². The van der Waals surface area contributed by atoms with Crippen LogP contribution in [0.4, 0.5) is 5.69 Å². The van der Waals surface area contributed by atoms with Gasteiger partial charge in [-0.3, -0.25) is 9.59 Å². The van der Waals surface area contributed by atoms with Crippen LogP contribution in [0.15, 0.2) is 53.4 Å². The molecule has 0 aliphatic carbocycles. The first-order valence-electron chi connectivity index (χ1n) is 9.59. The highest BCUT2D eigenvalue weighted by Crippen LogP contribution is 2.34. The van der Waals surface area contributed by atoms with E-state index in [9.17, 15) is 18.0 Å². The van der Waals surface area contributed by atoms with E-state index in [1.54, 1.807) is 57.2 Å². The molecular formula is C22H26N2O5S. The number of ether oxygens (including phenoxy) is 1. The van der Waals surface area contributed by atoms with E-state index in [1.165, 1.54) is 19.2 Å². The normalized spacial score (nSPS) is 17.7. The van der Waals surface area contributed by atoms with Crippen molar-refractivity contribution in [1.29, 1.82) is 0 Å². The quantitative estimate of drug-likeness (QED) is 0.681. The molecule has 1 aliphatic rings. The van der Waals surface area contributed by atoms with Gasteiger partial charge in [0.05, 0.1) is 24.1 Å². The second-order valence-electron chi connectivity index (χ2n) is 8.27. The second-order valence-corrected chi connectivity index (χ2v) is 10.1. The monoisotopic (exact) mass is 430 g/mol. The van der Waals surface area contributed by atoms with E-state index in [0.717, 1.165) is 14.8 Å². The van der Waals surface area contributed by atoms with Gasteiger partial charge in [0.25, 0.3) is 5.91 Å². The van der Waals surface area contributed by atoms with Crippen molar-refractivity contribution in [3.63, 3.8) is 0 Å². The number of hydrogen-bond donors (Lipinski definition) is 0. The number of carbonyl (C=O) groups is 2. The highest BCUT2D eigenvalue weighted by Gasteiger charge is 2.50. The Morgan fingerprint density at radius 3 is 2.07 bits per heavy atom. The molecule has 0 saturated carbocycles. The van der Waals surface area contributed by atoms with Crippen molar-refractivity contribution in [2.75, 3.05) is 12.0 Å². The lowest BCUT2D eigenvalue weighted by Crippen LogP contribution is -2.54. The molecule has 2 amide bonds. The van der Waals surface area contributed by atoms with Crippen LogP contribution in [0.5, 0.6) is 5.75 Å². The molecule has 0 bridgehead atoms. The van der Waals surface area contributed by atoms with E-state index < -0.39 is 33.4 Å². The van der Waals surface area contributed by atoms with Gasteiger partial charge < -0.3 is 4.74 Å². The van der Waals surface area contributed by atoms with E-state index in [4.69, 9.17) is 4.74 Å². The summed E-state index contributed by atoms with van der Waals surface area (Å²) in [6.45, 7) is 7.01. The second kappa shape index (κ2) is 7.85. The first-order chi connectivity index (χ1) is 14.0. The molecule has 0 spiro atoms. The molecule has 1 heterocycles. The summed E-state index contributed by atoms with van der Waals surface area (Å²) in [6.07, 6.45) is -0.215. The van der Waals surface area contributed by atoms with Crippen LogP contribution >= 0.6 is 0 Å². The van der Waals surface area contributed by atoms with Crippen LogP contribution < -0.4 is 9.64 Å². The third kappa shape index (κ3) is 3.97. The first-order valence-corrected chi connectivity index (χ1v) is 11.0. The van der Waals surface area contributed by atoms with Crippen molar-refractivity contribution in [1.82, 2.24) is 4.31 Å². The fourth-order valence-electron chi connectivity index (χ4n) is 3.62. The van der Waals surface area contributed by atoms with Gasteiger partial charge in [0, 0.05) is 5.54 Å². The van der Waals surface area contributed by atoms with Crippen molar-refractivity contribution in [3.8, 4) is 5.75 Å². The minimum Gasteiger partial charge on any atom is -0.497 e. The fraction of sp³-hybridized carbons (Fsp3) is 0.364. The Balaban J connectivity index is 2.02. The van der Waals surface area contributed by atoms with E-state index >= 15 is 0 Å². The molecule has 30 heavy (non-hydrogen) atoms. The first kappa shape index (κ1) is 22.0. The summed E-state index contributed by atoms with van der Waals surface area (Å²) >= 11 is 0. The van der Waals surface area contributed by atoms with Crippen LogP contribution in [0.3, 0.4) is 0 Å². The topological polar surface area (TPSA) is 84.0 Å². The smallest absolute Gasteiger partial charge is 0.252 e. The van der Waals surface area contributed by atoms with Gasteiger partial charge in [0.1, 0.15) is 11.8 Å². The zero-order valence-corrected chi connectivity index (χ0v) is 18.6. The van der Waals surface area contributed by atoms with Crippen molar-refractivity contribution in [2.45, 2.75) is 50.6 Å². The van der Waals surface area contributed by atoms with E-state index in [0.29, 0.717) is 11.4 Å². The SMILES string of the molecule is COc1ccc(N2C(=O)CC(N(C(C)(C)C)S(=O)(=O)c3ccc(C)cc3)C2=O)cc1. The summed E-state index contributed by atoms with van der Waals surface area (Å²) in [6, 6.07) is 11.8. The standard InChI is InChI=1S/C22H26N2O5S/c1-15-6-12-18(13-7-15)30(27,28)24(22(2,3)4)19-14-20(25)23(21(19)26)16-8-10-17(29-5)11-9-16/h6-13,19H,14H2,1-5H3. The molecule has 2 aromatic rings. The lowest BCUT2D eigenvalue weighted by atomic mass is 10.1. The number of hydrogen-bond acceptors (Lipinski definition) is 5. The zero-order valence-electron chi connectivity index (χ0n) is 17.7. The number of methoxy groups -OCH3 is 1. The van der Waals surface area contributed by atoms with Crippen molar-refractivity contribution in [3.05, 3.63) is 54.1 Å². The van der Waals surface area contributed by atoms with Gasteiger partial charge in [-0.05, 0) is 64.1 Å². The van der Waals surface area contributed by atoms with Gasteiger partial charge in [-0.15, -0.1) is 0 Å². The largest absolute Gasteiger partial charge is 0.497 e. The van der Waals surface area contributed by atoms with Crippen LogP contribution in [-0.4, -0.2) is 43.2 Å². The predicted molar refractivity (Wildman–Crippen MR) is 114 cm³/mol. The van der Waals surface area contributed by atoms with Crippen molar-refractivity contribution in [2.24, 2.45) is 0 Å². The summed E-state index contributed by atoms with van der Waals surface area (Å²) in [5.41, 5.74) is 0.393. The Morgan fingerprint density at radius 2 is 1.57 bits per heavy atom. The van der Waals surface area contributed by atoms with Gasteiger partial charge in [-0.25, -0.2) is 13.3 Å². The van der Waals surface area contributed by atoms with Gasteiger partial charge in [0.2, 0.25) is 15.9 Å². The Morgan fingerprint density at radius 1 is 1.00 bits per heavy atom. The summed E-state index contributed by atoms with van der Waals surface area (Å²) < 4.78 is 33.2. The van der Waals surface area contributed by atoms with Crippen LogP contribution in [-0.2, 0) is 19.6 Å². The van der Waals surface area contributed by atoms with Gasteiger partial charge in [-0.2, -0.15) is 4.31 Å². The van der Waals surface area contributed by atoms with Crippen molar-refractivity contribution < 1.29 is 22.7 Å². The lowest BCUT2D eigenvalue weighted by molar-refractivity contribution is -0.122. The summed E-state index contributed by atoms with van der Waals surface area (Å²) in [5.74, 6) is -0.410. The molecule has 0 radical (unpaired) electrons. The maximum atomic E-state index is 13.5. The Labute approximate surface area is 177 Å². The average Bonchev–Trinajstić information content (AvgIpc) is 2.94. The van der Waals surface area contributed by atoms with E-state index in [1.807, 2.05) is 6.92 Å². The fourth-order valence-corrected chi connectivity index (χ4v) is 5.55. The Bertz CT molecular complexity index is 1050. The summed E-state index contributed by atoms with van der Waals surface area (Å²) in [4.78, 5) is 27.1. The molecule has 1 fully saturated rings. The summed E-state index contributed by atoms with van der Waals surface area (Å²) in [5, 5.41) is 0. The number of imide groups is 1. The van der Waals surface area contributed by atoms with Crippen LogP contribution in [0.1, 0.15) is 32.8 Å². The number of anilines is 1. The van der Waals surface area contributed by atoms with Crippen LogP contribution in [0.2, 0.25) is 0 Å². The molecular weight excluding hydrogens is 404 g/mol. The minimum atomic E-state index is -4.02. The molecule has 1 saturated heterocycles. The van der Waals surface area contributed by atoms with E-state index in [2.05, 4.69) is 0 Å². The number of sulfonamides is 1. The molecule has 160 valence electrons. The Hall–Kier alpha value is -2.71. The predicted octanol–water partition coefficient (Wildman–Crippen LogP) is 3.12. The van der Waals surface area contributed by atoms with Crippen LogP contribution in [0, 0.1) is 6.92 Å². The highest BCUT2D eigenvalue weighted by molar-refractivity contribution is 7.89. The maximum absolute atomic E-state index is 13.5. The van der Waals surface area contributed by atoms with Crippen molar-refractivity contribution >= 4 is 27.5 Å². The minimum absolute atomic E-state index is 0.0890. The molecule has 2 aromatic carbocycles. The number of nitrogens with zero attached hydrogens (tertiary/aromatic N) is 2. The number of benzene rings is 2. The molecule has 3 rings (SSSR count). The molecule has 1 unspecified atom stereocenters. The number of carbonyl (C=O) groups excluding carboxylic acids is 2. The summed E-state index contributed by atoms with van der Waals surface area (Å²) in [7, 11) is -2.50. The average molecular weight is 431 g/mol. The third-order valence-electron chi connectivity index (χ3n) is 4.98. The molecule has 0 aromatic heterocycles. The number of amides is 2. The van der Waals surface area contributed by atoms with Gasteiger partial charge in [-0.1, -0.05) is 17.7 Å². The highest BCUT2D eigenvalue weighted by atomic mass is 32.2. The molecule has 7 nitrogen and oxygen atoms in total. The Kier molecular flexibility index (Phi) is 5.75. The molecule has 1 atom stereocenters. The third-order valence-corrected chi connectivity index (χ3v) is 7.16. The molecule has 0 N–H and O–H groups in total. The van der Waals surface area contributed by atoms with Gasteiger partial charge >= 0.3 is 0 Å². The molecule has 8 heteroatoms. The zero-order chi connectivity index (χ0) is 22.3. The lowest BCUT2D eigenvalue weighted by Gasteiger charge is -2.37. The number of rotatable bonds is 5. The van der Waals surface area contributed by atoms with Crippen LogP contribution in [0.25, 0.3) is 0 Å². The van der Waals surface area contributed by atoms with Gasteiger partial charge in [0.15, 0.2) is 0 Å². The number of aryl methyl sites for hydroxylation is 1. The maximum Gasteiger partial charge on any atom is 0.252 e.